The molecule has 2 fully saturated rings. The Kier molecular flexibility index (Phi) is 5.07. The predicted octanol–water partition coefficient (Wildman–Crippen LogP) is 0.538. The molecule has 1 aromatic rings. The van der Waals surface area contributed by atoms with Gasteiger partial charge in [-0.05, 0) is 12.0 Å². The zero-order valence-electron chi connectivity index (χ0n) is 13.7. The first-order valence-electron chi connectivity index (χ1n) is 8.22. The fourth-order valence-electron chi connectivity index (χ4n) is 3.05. The number of carbonyl (C=O) groups is 1. The van der Waals surface area contributed by atoms with Crippen LogP contribution >= 0.6 is 0 Å². The molecule has 0 aliphatic carbocycles. The van der Waals surface area contributed by atoms with Gasteiger partial charge in [0.1, 0.15) is 12.2 Å². The lowest BCUT2D eigenvalue weighted by atomic mass is 10.2. The number of nitrogens with one attached hydrogen (secondary N) is 1. The minimum absolute atomic E-state index is 0.00678. The van der Waals surface area contributed by atoms with Gasteiger partial charge in [-0.15, -0.1) is 0 Å². The van der Waals surface area contributed by atoms with E-state index < -0.39 is 0 Å². The molecule has 0 bridgehead atoms. The molecule has 2 aliphatic rings. The van der Waals surface area contributed by atoms with Crippen LogP contribution in [0.3, 0.4) is 0 Å². The Balaban J connectivity index is 1.58. The third kappa shape index (κ3) is 3.97. The average Bonchev–Trinajstić information content (AvgIpc) is 2.85. The molecule has 3 heterocycles. The van der Waals surface area contributed by atoms with Crippen LogP contribution in [0.5, 0.6) is 0 Å². The summed E-state index contributed by atoms with van der Waals surface area (Å²) in [5.41, 5.74) is 1.16. The van der Waals surface area contributed by atoms with Crippen LogP contribution in [-0.4, -0.2) is 60.4 Å². The van der Waals surface area contributed by atoms with Crippen LogP contribution in [0.25, 0.3) is 0 Å². The number of aromatic nitrogens is 2. The van der Waals surface area contributed by atoms with Gasteiger partial charge >= 0.3 is 0 Å². The molecule has 0 unspecified atom stereocenters. The van der Waals surface area contributed by atoms with E-state index in [4.69, 9.17) is 9.47 Å². The van der Waals surface area contributed by atoms with Gasteiger partial charge in [0.05, 0.1) is 19.3 Å². The van der Waals surface area contributed by atoms with Gasteiger partial charge in [-0.3, -0.25) is 4.79 Å². The van der Waals surface area contributed by atoms with Crippen molar-refractivity contribution in [3.8, 4) is 0 Å². The quantitative estimate of drug-likeness (QED) is 0.872. The van der Waals surface area contributed by atoms with E-state index in [0.29, 0.717) is 26.3 Å². The summed E-state index contributed by atoms with van der Waals surface area (Å²) in [6.45, 7) is 6.03. The van der Waals surface area contributed by atoms with Gasteiger partial charge in [-0.2, -0.15) is 0 Å². The molecular weight excluding hydrogens is 296 g/mol. The molecule has 0 saturated carbocycles. The molecule has 2 saturated heterocycles. The van der Waals surface area contributed by atoms with Gasteiger partial charge in [0.15, 0.2) is 0 Å². The van der Waals surface area contributed by atoms with E-state index >= 15 is 0 Å². The molecule has 2 aliphatic heterocycles. The van der Waals surface area contributed by atoms with Crippen LogP contribution in [0.1, 0.15) is 25.8 Å². The summed E-state index contributed by atoms with van der Waals surface area (Å²) >= 11 is 0. The Morgan fingerprint density at radius 2 is 1.87 bits per heavy atom. The molecule has 0 spiro atoms. The number of anilines is 1. The molecular formula is C16H24N4O3. The zero-order chi connectivity index (χ0) is 16.2. The molecule has 7 heteroatoms. The molecule has 1 amide bonds. The van der Waals surface area contributed by atoms with Crippen molar-refractivity contribution < 1.29 is 14.3 Å². The second-order valence-corrected chi connectivity index (χ2v) is 6.19. The van der Waals surface area contributed by atoms with Crippen LogP contribution in [0.4, 0.5) is 5.95 Å². The van der Waals surface area contributed by atoms with Crippen LogP contribution < -0.4 is 10.2 Å². The van der Waals surface area contributed by atoms with Crippen LogP contribution in [-0.2, 0) is 20.7 Å². The van der Waals surface area contributed by atoms with Crippen LogP contribution in [0.2, 0.25) is 0 Å². The maximum absolute atomic E-state index is 11.1. The van der Waals surface area contributed by atoms with Gasteiger partial charge in [-0.25, -0.2) is 9.97 Å². The molecule has 3 rings (SSSR count). The molecule has 1 aromatic heterocycles. The van der Waals surface area contributed by atoms with Crippen LogP contribution in [0.15, 0.2) is 12.4 Å². The summed E-state index contributed by atoms with van der Waals surface area (Å²) in [4.78, 5) is 22.2. The molecule has 0 aromatic carbocycles. The molecule has 1 N–H and O–H groups in total. The summed E-state index contributed by atoms with van der Waals surface area (Å²) in [5, 5.41) is 2.84. The van der Waals surface area contributed by atoms with E-state index in [9.17, 15) is 4.79 Å². The van der Waals surface area contributed by atoms with Crippen molar-refractivity contribution in [3.63, 3.8) is 0 Å². The predicted molar refractivity (Wildman–Crippen MR) is 85.3 cm³/mol. The summed E-state index contributed by atoms with van der Waals surface area (Å²) in [7, 11) is 0. The lowest BCUT2D eigenvalue weighted by Crippen LogP contribution is -2.40. The van der Waals surface area contributed by atoms with Crippen molar-refractivity contribution in [2.75, 3.05) is 31.2 Å². The average molecular weight is 320 g/mol. The van der Waals surface area contributed by atoms with E-state index in [1.165, 1.54) is 6.92 Å². The number of rotatable bonds is 4. The van der Waals surface area contributed by atoms with E-state index in [1.54, 1.807) is 0 Å². The number of hydrogen-bond acceptors (Lipinski definition) is 6. The first-order chi connectivity index (χ1) is 11.2. The van der Waals surface area contributed by atoms with Gasteiger partial charge < -0.3 is 19.7 Å². The summed E-state index contributed by atoms with van der Waals surface area (Å²) in [6, 6.07) is -0.0730. The highest BCUT2D eigenvalue weighted by Crippen LogP contribution is 2.23. The van der Waals surface area contributed by atoms with Crippen LogP contribution in [0, 0.1) is 0 Å². The van der Waals surface area contributed by atoms with Crippen molar-refractivity contribution in [1.82, 2.24) is 15.3 Å². The highest BCUT2D eigenvalue weighted by Gasteiger charge is 2.38. The van der Waals surface area contributed by atoms with Gasteiger partial charge in [0.25, 0.3) is 0 Å². The van der Waals surface area contributed by atoms with Gasteiger partial charge in [0, 0.05) is 32.4 Å². The Morgan fingerprint density at radius 3 is 2.39 bits per heavy atom. The third-order valence-corrected chi connectivity index (χ3v) is 4.16. The van der Waals surface area contributed by atoms with Crippen molar-refractivity contribution in [2.45, 2.75) is 44.9 Å². The number of hydrogen-bond donors (Lipinski definition) is 1. The third-order valence-electron chi connectivity index (χ3n) is 4.16. The van der Waals surface area contributed by atoms with E-state index in [2.05, 4.69) is 27.1 Å². The van der Waals surface area contributed by atoms with Gasteiger partial charge in [-0.1, -0.05) is 13.3 Å². The fraction of sp³-hybridized carbons (Fsp3) is 0.688. The second-order valence-electron chi connectivity index (χ2n) is 6.19. The van der Waals surface area contributed by atoms with E-state index in [-0.39, 0.29) is 24.2 Å². The lowest BCUT2D eigenvalue weighted by molar-refractivity contribution is -0.120. The molecule has 2 atom stereocenters. The highest BCUT2D eigenvalue weighted by molar-refractivity contribution is 5.73. The molecule has 23 heavy (non-hydrogen) atoms. The normalized spacial score (nSPS) is 25.0. The highest BCUT2D eigenvalue weighted by atomic mass is 16.6. The number of aryl methyl sites for hydroxylation is 1. The first-order valence-corrected chi connectivity index (χ1v) is 8.22. The smallest absolute Gasteiger partial charge is 0.225 e. The summed E-state index contributed by atoms with van der Waals surface area (Å²) in [5.74, 6) is 0.667. The zero-order valence-corrected chi connectivity index (χ0v) is 13.7. The minimum atomic E-state index is -0.0730. The monoisotopic (exact) mass is 320 g/mol. The van der Waals surface area contributed by atoms with Gasteiger partial charge in [0.2, 0.25) is 11.9 Å². The summed E-state index contributed by atoms with van der Waals surface area (Å²) in [6.07, 6.45) is 5.87. The topological polar surface area (TPSA) is 76.6 Å². The molecule has 0 radical (unpaired) electrons. The Hall–Kier alpha value is -1.73. The SMILES string of the molecule is CCCc1cnc(N2C[C@@H]3OCC(NC(C)=O)CO[C@H]3C2)nc1. The first kappa shape index (κ1) is 16.1. The van der Waals surface area contributed by atoms with E-state index in [1.807, 2.05) is 12.4 Å². The maximum Gasteiger partial charge on any atom is 0.225 e. The minimum Gasteiger partial charge on any atom is -0.371 e. The molecule has 126 valence electrons. The summed E-state index contributed by atoms with van der Waals surface area (Å²) < 4.78 is 11.8. The Morgan fingerprint density at radius 1 is 1.26 bits per heavy atom. The number of fused-ring (bicyclic) bond motifs is 1. The Bertz CT molecular complexity index is 521. The van der Waals surface area contributed by atoms with Crippen molar-refractivity contribution in [2.24, 2.45) is 0 Å². The maximum atomic E-state index is 11.1. The number of ether oxygens (including phenoxy) is 2. The van der Waals surface area contributed by atoms with E-state index in [0.717, 1.165) is 24.4 Å². The molecule has 7 nitrogen and oxygen atoms in total. The van der Waals surface area contributed by atoms with Crippen molar-refractivity contribution in [3.05, 3.63) is 18.0 Å². The second kappa shape index (κ2) is 7.23. The fourth-order valence-corrected chi connectivity index (χ4v) is 3.05. The Labute approximate surface area is 136 Å². The number of carbonyl (C=O) groups excluding carboxylic acids is 1. The number of amides is 1. The number of nitrogens with zero attached hydrogens (tertiary/aromatic N) is 3. The van der Waals surface area contributed by atoms with Crippen molar-refractivity contribution >= 4 is 11.9 Å². The lowest BCUT2D eigenvalue weighted by Gasteiger charge is -2.18. The largest absolute Gasteiger partial charge is 0.371 e. The standard InChI is InChI=1S/C16H24N4O3/c1-3-4-12-5-17-16(18-6-12)20-7-14-15(8-20)23-10-13(9-22-14)19-11(2)21/h5-6,13-15H,3-4,7-10H2,1-2H3,(H,19,21)/t14-,15-/m0/s1. The van der Waals surface area contributed by atoms with Crippen molar-refractivity contribution in [1.29, 1.82) is 0 Å².